The van der Waals surface area contributed by atoms with Crippen molar-refractivity contribution in [2.45, 2.75) is 39.5 Å². The first-order valence-corrected chi connectivity index (χ1v) is 13.6. The molecule has 0 N–H and O–H groups in total. The van der Waals surface area contributed by atoms with E-state index in [4.69, 9.17) is 14.9 Å². The summed E-state index contributed by atoms with van der Waals surface area (Å²) < 4.78 is 9.79. The summed E-state index contributed by atoms with van der Waals surface area (Å²) in [5.74, 6) is 0.869. The summed E-state index contributed by atoms with van der Waals surface area (Å²) in [7, 11) is 0. The van der Waals surface area contributed by atoms with Crippen molar-refractivity contribution in [2.75, 3.05) is 0 Å². The van der Waals surface area contributed by atoms with E-state index in [1.165, 1.54) is 30.0 Å². The molecule has 0 amide bonds. The summed E-state index contributed by atoms with van der Waals surface area (Å²) in [5, 5.41) is 0.723. The molecule has 34 heavy (non-hydrogen) atoms. The van der Waals surface area contributed by atoms with Crippen LogP contribution < -0.4 is 3.32 Å². The van der Waals surface area contributed by atoms with Crippen molar-refractivity contribution in [1.82, 2.24) is 0 Å². The van der Waals surface area contributed by atoms with E-state index in [0.29, 0.717) is 0 Å². The molecule has 0 bridgehead atoms. The van der Waals surface area contributed by atoms with Crippen molar-refractivity contribution in [1.29, 1.82) is 0 Å². The summed E-state index contributed by atoms with van der Waals surface area (Å²) in [6.07, 6.45) is 5.45. The Morgan fingerprint density at radius 2 is 1.41 bits per heavy atom. The van der Waals surface area contributed by atoms with Crippen LogP contribution in [-0.4, -0.2) is 3.81 Å². The number of hydrogen-bond donors (Lipinski definition) is 0. The van der Waals surface area contributed by atoms with Crippen molar-refractivity contribution in [2.24, 2.45) is 0 Å². The minimum absolute atomic E-state index is 0. The van der Waals surface area contributed by atoms with E-state index < -0.39 is 17.8 Å². The standard InChI is InChI=1S/C13H10.C10H13ClO.C6H7.2ClH.Ti/c1-3-7-12(8-4-1)11-13-9-5-2-6-10-13;1-10(2,3)7-4-8(11)6-9(12)5-7;1-6-4-2-3-5-6;;;/h1-10H;4-6,12H,1-3H3;2,4H,3H2,1H3;2*1H;/q;;;;;+1/p-1. The average molecular weight is 550 g/mol. The predicted molar refractivity (Wildman–Crippen MR) is 148 cm³/mol. The Morgan fingerprint density at radius 1 is 0.853 bits per heavy atom. The quantitative estimate of drug-likeness (QED) is 0.289. The van der Waals surface area contributed by atoms with Crippen molar-refractivity contribution in [3.8, 4) is 5.75 Å². The second-order valence-electron chi connectivity index (χ2n) is 9.23. The van der Waals surface area contributed by atoms with E-state index in [0.717, 1.165) is 17.2 Å². The molecule has 0 radical (unpaired) electrons. The molecule has 0 saturated carbocycles. The summed E-state index contributed by atoms with van der Waals surface area (Å²) >= 11 is 4.12. The van der Waals surface area contributed by atoms with Gasteiger partial charge in [-0.15, -0.1) is 24.8 Å². The summed E-state index contributed by atoms with van der Waals surface area (Å²) in [6.45, 7) is 8.83. The van der Waals surface area contributed by atoms with Crippen molar-refractivity contribution >= 4 is 40.2 Å². The van der Waals surface area contributed by atoms with Crippen LogP contribution in [0.15, 0.2) is 100 Å². The third kappa shape index (κ3) is 6.75. The van der Waals surface area contributed by atoms with E-state index in [9.17, 15) is 0 Å². The zero-order valence-corrected chi connectivity index (χ0v) is 23.9. The fourth-order valence-corrected chi connectivity index (χ4v) is 8.06. The maximum Gasteiger partial charge on any atom is -0.147 e. The van der Waals surface area contributed by atoms with Gasteiger partial charge in [0.05, 0.1) is 0 Å². The molecular weight excluding hydrogens is 519 g/mol. The van der Waals surface area contributed by atoms with Crippen molar-refractivity contribution in [3.63, 3.8) is 0 Å². The summed E-state index contributed by atoms with van der Waals surface area (Å²) in [6, 6.07) is 27.6. The third-order valence-corrected chi connectivity index (χ3v) is 10.1. The molecule has 0 heterocycles. The van der Waals surface area contributed by atoms with Crippen LogP contribution >= 0.6 is 36.4 Å². The molecule has 1 aliphatic carbocycles. The van der Waals surface area contributed by atoms with E-state index in [1.807, 2.05) is 6.07 Å². The Kier molecular flexibility index (Phi) is 10.4. The number of rotatable bonds is 5. The average Bonchev–Trinajstić information content (AvgIpc) is 3.19. The Hall–Kier alpha value is -1.61. The number of allylic oxidation sites excluding steroid dienone is 4. The summed E-state index contributed by atoms with van der Waals surface area (Å²) in [5.41, 5.74) is 4.99. The van der Waals surface area contributed by atoms with Gasteiger partial charge in [-0.05, 0) is 0 Å². The van der Waals surface area contributed by atoms with Crippen LogP contribution in [0, 0.1) is 0 Å². The molecule has 0 atom stereocenters. The van der Waals surface area contributed by atoms with Crippen molar-refractivity contribution in [3.05, 3.63) is 122 Å². The van der Waals surface area contributed by atoms with Gasteiger partial charge in [-0.1, -0.05) is 0 Å². The van der Waals surface area contributed by atoms with Gasteiger partial charge in [-0.3, -0.25) is 0 Å². The maximum atomic E-state index is 7.00. The zero-order valence-electron chi connectivity index (χ0n) is 20.0. The maximum absolute atomic E-state index is 7.00. The molecule has 178 valence electrons. The van der Waals surface area contributed by atoms with Gasteiger partial charge >= 0.3 is 204 Å². The molecule has 4 rings (SSSR count). The van der Waals surface area contributed by atoms with Gasteiger partial charge in [-0.2, -0.15) is 0 Å². The monoisotopic (exact) mass is 548 g/mol. The SMILES string of the molecule is CC1=[C]([Ti]([O]c2cc(Cl)cc(C(C)(C)C)c2)=[C](c2ccccc2)c2ccccc2)CC=C1.Cl.Cl. The van der Waals surface area contributed by atoms with Crippen molar-refractivity contribution < 1.29 is 21.1 Å². The fourth-order valence-electron chi connectivity index (χ4n) is 3.96. The number of halogens is 3. The first kappa shape index (κ1) is 28.6. The molecule has 3 aromatic rings. The smallest absolute Gasteiger partial charge is 0.147 e. The van der Waals surface area contributed by atoms with E-state index >= 15 is 0 Å². The number of hydrogen-bond acceptors (Lipinski definition) is 1. The van der Waals surface area contributed by atoms with Gasteiger partial charge in [-0.25, -0.2) is 0 Å². The normalized spacial score (nSPS) is 12.6. The minimum Gasteiger partial charge on any atom is -0.147 e. The molecule has 0 unspecified atom stereocenters. The Morgan fingerprint density at radius 3 is 1.88 bits per heavy atom. The first-order chi connectivity index (χ1) is 15.3. The second-order valence-corrected chi connectivity index (χ2v) is 12.7. The zero-order chi connectivity index (χ0) is 22.7. The second kappa shape index (κ2) is 12.4. The largest absolute Gasteiger partial charge is 0.147 e. The third-order valence-electron chi connectivity index (χ3n) is 5.75. The number of benzene rings is 3. The van der Waals surface area contributed by atoms with E-state index in [-0.39, 0.29) is 30.2 Å². The van der Waals surface area contributed by atoms with Gasteiger partial charge in [0, 0.05) is 0 Å². The fraction of sp³-hybridized carbons (Fsp3) is 0.207. The molecule has 1 nitrogen and oxygen atoms in total. The van der Waals surface area contributed by atoms with Gasteiger partial charge in [0.25, 0.3) is 0 Å². The topological polar surface area (TPSA) is 9.23 Å². The molecule has 0 aromatic heterocycles. The van der Waals surface area contributed by atoms with Gasteiger partial charge in [0.1, 0.15) is 0 Å². The van der Waals surface area contributed by atoms with E-state index in [2.05, 4.69) is 113 Å². The van der Waals surface area contributed by atoms with Gasteiger partial charge < -0.3 is 0 Å². The molecule has 0 aliphatic heterocycles. The molecule has 0 fully saturated rings. The molecule has 5 heteroatoms. The Labute approximate surface area is 227 Å². The molecular formula is C29H31Cl3OTi. The van der Waals surface area contributed by atoms with Crippen LogP contribution in [0.25, 0.3) is 0 Å². The van der Waals surface area contributed by atoms with Crippen LogP contribution in [0.4, 0.5) is 0 Å². The van der Waals surface area contributed by atoms with Crippen LogP contribution in [0.1, 0.15) is 50.8 Å². The molecule has 0 saturated heterocycles. The van der Waals surface area contributed by atoms with Crippen LogP contribution in [-0.2, 0) is 23.2 Å². The van der Waals surface area contributed by atoms with E-state index in [1.54, 1.807) is 0 Å². The van der Waals surface area contributed by atoms with Crippen LogP contribution in [0.2, 0.25) is 5.02 Å². The molecule has 0 spiro atoms. The van der Waals surface area contributed by atoms with Crippen LogP contribution in [0.5, 0.6) is 5.75 Å². The van der Waals surface area contributed by atoms with Crippen LogP contribution in [0.3, 0.4) is 0 Å². The Balaban J connectivity index is 0.00000204. The van der Waals surface area contributed by atoms with Gasteiger partial charge in [0.15, 0.2) is 0 Å². The predicted octanol–water partition coefficient (Wildman–Crippen LogP) is 8.90. The molecule has 1 aliphatic rings. The molecule has 3 aromatic carbocycles. The minimum atomic E-state index is -2.43. The first-order valence-electron chi connectivity index (χ1n) is 11.0. The summed E-state index contributed by atoms with van der Waals surface area (Å²) in [4.78, 5) is 0. The Bertz CT molecular complexity index is 1170. The van der Waals surface area contributed by atoms with Gasteiger partial charge in [0.2, 0.25) is 0 Å².